The molecule has 1 aliphatic heterocycles. The zero-order chi connectivity index (χ0) is 25.3. The van der Waals surface area contributed by atoms with Gasteiger partial charge in [0.1, 0.15) is 17.9 Å². The summed E-state index contributed by atoms with van der Waals surface area (Å²) in [7, 11) is 0. The van der Waals surface area contributed by atoms with Gasteiger partial charge in [0.2, 0.25) is 5.91 Å². The third-order valence-electron chi connectivity index (χ3n) is 7.34. The third-order valence-corrected chi connectivity index (χ3v) is 7.34. The van der Waals surface area contributed by atoms with Crippen molar-refractivity contribution in [2.45, 2.75) is 51.6 Å². The molecule has 2 aromatic carbocycles. The fourth-order valence-electron chi connectivity index (χ4n) is 5.30. The van der Waals surface area contributed by atoms with Gasteiger partial charge >= 0.3 is 6.03 Å². The van der Waals surface area contributed by atoms with Gasteiger partial charge in [-0.05, 0) is 37.3 Å². The van der Waals surface area contributed by atoms with Crippen LogP contribution in [0.3, 0.4) is 0 Å². The van der Waals surface area contributed by atoms with Crippen molar-refractivity contribution >= 4 is 23.7 Å². The number of imide groups is 1. The fourth-order valence-corrected chi connectivity index (χ4v) is 5.30. The van der Waals surface area contributed by atoms with Gasteiger partial charge in [-0.15, -0.1) is 0 Å². The molecule has 0 bridgehead atoms. The van der Waals surface area contributed by atoms with Gasteiger partial charge in [-0.3, -0.25) is 14.5 Å². The number of nitrogens with zero attached hydrogens (tertiary/aromatic N) is 3. The Balaban J connectivity index is 1.37. The highest BCUT2D eigenvalue weighted by Gasteiger charge is 2.55. The van der Waals surface area contributed by atoms with Crippen LogP contribution in [-0.2, 0) is 16.1 Å². The number of amides is 4. The van der Waals surface area contributed by atoms with Crippen LogP contribution in [-0.4, -0.2) is 44.6 Å². The number of hydrogen-bond donors (Lipinski definition) is 2. The monoisotopic (exact) mass is 485 g/mol. The molecule has 5 rings (SSSR count). The Hall–Kier alpha value is -3.94. The van der Waals surface area contributed by atoms with Gasteiger partial charge in [-0.1, -0.05) is 73.9 Å². The van der Waals surface area contributed by atoms with Gasteiger partial charge in [0.25, 0.3) is 5.91 Å². The lowest BCUT2D eigenvalue weighted by Crippen LogP contribution is -2.54. The van der Waals surface area contributed by atoms with E-state index in [4.69, 9.17) is 5.10 Å². The summed E-state index contributed by atoms with van der Waals surface area (Å²) in [5, 5.41) is 10.5. The highest BCUT2D eigenvalue weighted by Crippen LogP contribution is 2.38. The molecular formula is C28H31N5O3. The first-order valence-corrected chi connectivity index (χ1v) is 12.5. The molecule has 4 amide bonds. The molecule has 186 valence electrons. The van der Waals surface area contributed by atoms with Crippen LogP contribution < -0.4 is 10.6 Å². The molecule has 0 radical (unpaired) electrons. The lowest BCUT2D eigenvalue weighted by molar-refractivity contribution is -0.136. The average Bonchev–Trinajstić information content (AvgIpc) is 3.35. The number of hydrogen-bond acceptors (Lipinski definition) is 4. The SMILES string of the molecule is Cc1cccc(-c2cc(NC(=O)CN3C(=O)NC4(CCCCC4C)C3=O)n(Cc3ccccc3)n2)c1. The minimum Gasteiger partial charge on any atom is -0.323 e. The summed E-state index contributed by atoms with van der Waals surface area (Å²) in [6, 6.07) is 19.2. The lowest BCUT2D eigenvalue weighted by atomic mass is 9.73. The van der Waals surface area contributed by atoms with Crippen LogP contribution in [0.1, 0.15) is 43.7 Å². The van der Waals surface area contributed by atoms with Crippen LogP contribution in [0.25, 0.3) is 11.3 Å². The van der Waals surface area contributed by atoms with E-state index in [1.165, 1.54) is 0 Å². The summed E-state index contributed by atoms with van der Waals surface area (Å²) >= 11 is 0. The van der Waals surface area contributed by atoms with Gasteiger partial charge in [0.05, 0.1) is 12.2 Å². The normalized spacial score (nSPS) is 21.6. The lowest BCUT2D eigenvalue weighted by Gasteiger charge is -2.36. The Morgan fingerprint density at radius 3 is 2.67 bits per heavy atom. The second kappa shape index (κ2) is 9.60. The number of urea groups is 1. The molecule has 2 fully saturated rings. The first-order valence-electron chi connectivity index (χ1n) is 12.5. The number of carbonyl (C=O) groups is 3. The number of aryl methyl sites for hydroxylation is 1. The molecule has 2 N–H and O–H groups in total. The molecule has 8 heteroatoms. The topological polar surface area (TPSA) is 96.3 Å². The van der Waals surface area contributed by atoms with Crippen LogP contribution in [0.4, 0.5) is 10.6 Å². The zero-order valence-corrected chi connectivity index (χ0v) is 20.7. The Bertz CT molecular complexity index is 1300. The van der Waals surface area contributed by atoms with E-state index in [0.29, 0.717) is 18.8 Å². The highest BCUT2D eigenvalue weighted by atomic mass is 16.2. The molecule has 1 aromatic heterocycles. The maximum absolute atomic E-state index is 13.3. The molecule has 3 aromatic rings. The molecule has 1 aliphatic carbocycles. The van der Waals surface area contributed by atoms with Crippen LogP contribution in [0.15, 0.2) is 60.7 Å². The molecule has 2 unspecified atom stereocenters. The first-order chi connectivity index (χ1) is 17.4. The zero-order valence-electron chi connectivity index (χ0n) is 20.7. The largest absolute Gasteiger partial charge is 0.325 e. The van der Waals surface area contributed by atoms with Crippen LogP contribution in [0, 0.1) is 12.8 Å². The predicted molar refractivity (Wildman–Crippen MR) is 137 cm³/mol. The van der Waals surface area contributed by atoms with Crippen molar-refractivity contribution in [3.63, 3.8) is 0 Å². The minimum absolute atomic E-state index is 0.0416. The number of rotatable bonds is 6. The number of benzene rings is 2. The Labute approximate surface area is 210 Å². The van der Waals surface area contributed by atoms with Crippen molar-refractivity contribution in [3.8, 4) is 11.3 Å². The quantitative estimate of drug-likeness (QED) is 0.508. The number of aromatic nitrogens is 2. The second-order valence-electron chi connectivity index (χ2n) is 9.92. The van der Waals surface area contributed by atoms with Crippen LogP contribution in [0.2, 0.25) is 0 Å². The van der Waals surface area contributed by atoms with E-state index >= 15 is 0 Å². The summed E-state index contributed by atoms with van der Waals surface area (Å²) in [4.78, 5) is 40.1. The Morgan fingerprint density at radius 2 is 1.92 bits per heavy atom. The van der Waals surface area contributed by atoms with E-state index in [0.717, 1.165) is 46.5 Å². The Morgan fingerprint density at radius 1 is 1.11 bits per heavy atom. The minimum atomic E-state index is -0.886. The molecule has 1 saturated carbocycles. The maximum atomic E-state index is 13.3. The van der Waals surface area contributed by atoms with Crippen molar-refractivity contribution in [1.29, 1.82) is 0 Å². The van der Waals surface area contributed by atoms with Gasteiger partial charge < -0.3 is 10.6 Å². The van der Waals surface area contributed by atoms with Crippen LogP contribution >= 0.6 is 0 Å². The molecular weight excluding hydrogens is 454 g/mol. The maximum Gasteiger partial charge on any atom is 0.325 e. The molecule has 36 heavy (non-hydrogen) atoms. The molecule has 1 saturated heterocycles. The summed E-state index contributed by atoms with van der Waals surface area (Å²) in [6.45, 7) is 4.14. The smallest absolute Gasteiger partial charge is 0.323 e. The fraction of sp³-hybridized carbons (Fsp3) is 0.357. The summed E-state index contributed by atoms with van der Waals surface area (Å²) < 4.78 is 1.74. The van der Waals surface area contributed by atoms with E-state index in [1.54, 1.807) is 4.68 Å². The summed E-state index contributed by atoms with van der Waals surface area (Å²) in [6.07, 6.45) is 3.42. The molecule has 8 nitrogen and oxygen atoms in total. The van der Waals surface area contributed by atoms with Gasteiger partial charge in [0, 0.05) is 11.6 Å². The van der Waals surface area contributed by atoms with Crippen molar-refractivity contribution in [3.05, 3.63) is 71.8 Å². The van der Waals surface area contributed by atoms with Gasteiger partial charge in [0.15, 0.2) is 0 Å². The Kier molecular flexibility index (Phi) is 6.35. The second-order valence-corrected chi connectivity index (χ2v) is 9.92. The van der Waals surface area contributed by atoms with Crippen LogP contribution in [0.5, 0.6) is 0 Å². The van der Waals surface area contributed by atoms with E-state index < -0.39 is 17.5 Å². The van der Waals surface area contributed by atoms with E-state index in [9.17, 15) is 14.4 Å². The van der Waals surface area contributed by atoms with Gasteiger partial charge in [-0.2, -0.15) is 5.10 Å². The van der Waals surface area contributed by atoms with E-state index in [-0.39, 0.29) is 18.4 Å². The number of nitrogens with one attached hydrogen (secondary N) is 2. The standard InChI is InChI=1S/C28H31N5O3/c1-19-9-8-13-22(15-19)23-16-24(33(31-23)17-21-11-4-3-5-12-21)29-25(34)18-32-26(35)28(30-27(32)36)14-7-6-10-20(28)2/h3-5,8-9,11-13,15-16,20H,6-7,10,14,17-18H2,1-2H3,(H,29,34)(H,30,36). The average molecular weight is 486 g/mol. The molecule has 1 spiro atoms. The highest BCUT2D eigenvalue weighted by molar-refractivity contribution is 6.10. The van der Waals surface area contributed by atoms with Crippen molar-refractivity contribution in [2.75, 3.05) is 11.9 Å². The van der Waals surface area contributed by atoms with E-state index in [1.807, 2.05) is 74.5 Å². The number of anilines is 1. The summed E-state index contributed by atoms with van der Waals surface area (Å²) in [5.74, 6) is -0.190. The summed E-state index contributed by atoms with van der Waals surface area (Å²) in [5.41, 5.74) is 2.94. The van der Waals surface area contributed by atoms with Crippen molar-refractivity contribution in [1.82, 2.24) is 20.0 Å². The molecule has 2 heterocycles. The third kappa shape index (κ3) is 4.51. The molecule has 2 atom stereocenters. The van der Waals surface area contributed by atoms with Crippen molar-refractivity contribution < 1.29 is 14.4 Å². The van der Waals surface area contributed by atoms with Crippen molar-refractivity contribution in [2.24, 2.45) is 5.92 Å². The van der Waals surface area contributed by atoms with Gasteiger partial charge in [-0.25, -0.2) is 9.48 Å². The predicted octanol–water partition coefficient (Wildman–Crippen LogP) is 4.35. The first kappa shape index (κ1) is 23.8. The van der Waals surface area contributed by atoms with E-state index in [2.05, 4.69) is 10.6 Å². The number of carbonyl (C=O) groups excluding carboxylic acids is 3. The molecule has 2 aliphatic rings.